The van der Waals surface area contributed by atoms with Crippen molar-refractivity contribution in [2.45, 2.75) is 19.1 Å². The molecule has 2 atom stereocenters. The Balaban J connectivity index is 1.85. The van der Waals surface area contributed by atoms with Crippen molar-refractivity contribution in [3.63, 3.8) is 0 Å². The highest BCUT2D eigenvalue weighted by atomic mass is 19.4. The lowest BCUT2D eigenvalue weighted by Crippen LogP contribution is -2.32. The Morgan fingerprint density at radius 1 is 1.08 bits per heavy atom. The van der Waals surface area contributed by atoms with Crippen LogP contribution in [0.5, 0.6) is 5.75 Å². The van der Waals surface area contributed by atoms with E-state index in [1.54, 1.807) is 37.5 Å². The van der Waals surface area contributed by atoms with Crippen molar-refractivity contribution >= 4 is 17.5 Å². The van der Waals surface area contributed by atoms with Gasteiger partial charge < -0.3 is 4.74 Å². The summed E-state index contributed by atoms with van der Waals surface area (Å²) in [5, 5.41) is 5.48. The van der Waals surface area contributed by atoms with Crippen molar-refractivity contribution in [3.8, 4) is 5.75 Å². The van der Waals surface area contributed by atoms with Crippen molar-refractivity contribution in [1.29, 1.82) is 0 Å². The average molecular weight is 358 g/mol. The standard InChI is InChI=1S/C20H17F3N2O/c1-12-3-6-14(7-4-12)25-18-16-10-8-15(26-2)11-13(16)5-9-17(18)19(24-25)20(21,22)23/h3-11,17-18H,1-2H3. The molecule has 26 heavy (non-hydrogen) atoms. The first kappa shape index (κ1) is 16.7. The van der Waals surface area contributed by atoms with E-state index in [0.717, 1.165) is 16.7 Å². The molecule has 1 aliphatic carbocycles. The highest BCUT2D eigenvalue weighted by Crippen LogP contribution is 2.47. The van der Waals surface area contributed by atoms with Gasteiger partial charge in [-0.05, 0) is 42.3 Å². The molecule has 0 N–H and O–H groups in total. The minimum atomic E-state index is -4.48. The molecule has 0 fully saturated rings. The monoisotopic (exact) mass is 358 g/mol. The molecule has 1 aliphatic heterocycles. The third-order valence-electron chi connectivity index (χ3n) is 4.82. The Labute approximate surface area is 149 Å². The molecular weight excluding hydrogens is 341 g/mol. The summed E-state index contributed by atoms with van der Waals surface area (Å²) in [6.07, 6.45) is -1.16. The maximum absolute atomic E-state index is 13.6. The number of fused-ring (bicyclic) bond motifs is 3. The molecule has 0 aromatic heterocycles. The zero-order chi connectivity index (χ0) is 18.5. The van der Waals surface area contributed by atoms with Crippen LogP contribution in [0.1, 0.15) is 22.7 Å². The van der Waals surface area contributed by atoms with Gasteiger partial charge in [0.05, 0.1) is 24.8 Å². The van der Waals surface area contributed by atoms with Crippen LogP contribution in [-0.2, 0) is 0 Å². The number of anilines is 1. The molecule has 6 heteroatoms. The number of alkyl halides is 3. The van der Waals surface area contributed by atoms with Crippen LogP contribution >= 0.6 is 0 Å². The summed E-state index contributed by atoms with van der Waals surface area (Å²) < 4.78 is 45.9. The maximum atomic E-state index is 13.6. The van der Waals surface area contributed by atoms with Gasteiger partial charge in [0.1, 0.15) is 5.75 Å². The highest BCUT2D eigenvalue weighted by molar-refractivity contribution is 5.98. The largest absolute Gasteiger partial charge is 0.497 e. The zero-order valence-electron chi connectivity index (χ0n) is 14.3. The smallest absolute Gasteiger partial charge is 0.431 e. The van der Waals surface area contributed by atoms with Crippen LogP contribution in [0.15, 0.2) is 53.6 Å². The topological polar surface area (TPSA) is 24.8 Å². The van der Waals surface area contributed by atoms with Crippen molar-refractivity contribution in [3.05, 3.63) is 65.2 Å². The van der Waals surface area contributed by atoms with Gasteiger partial charge in [0, 0.05) is 0 Å². The molecule has 2 aliphatic rings. The first-order valence-electron chi connectivity index (χ1n) is 8.26. The second-order valence-electron chi connectivity index (χ2n) is 6.49. The van der Waals surface area contributed by atoms with E-state index in [9.17, 15) is 13.2 Å². The molecule has 3 nitrogen and oxygen atoms in total. The Bertz CT molecular complexity index is 900. The fraction of sp³-hybridized carbons (Fsp3) is 0.250. The van der Waals surface area contributed by atoms with Crippen LogP contribution in [0.3, 0.4) is 0 Å². The van der Waals surface area contributed by atoms with Crippen LogP contribution in [0, 0.1) is 12.8 Å². The predicted octanol–water partition coefficient (Wildman–Crippen LogP) is 5.13. The molecule has 0 saturated carbocycles. The Morgan fingerprint density at radius 3 is 2.46 bits per heavy atom. The Hall–Kier alpha value is -2.76. The number of rotatable bonds is 2. The average Bonchev–Trinajstić information content (AvgIpc) is 3.02. The van der Waals surface area contributed by atoms with Crippen molar-refractivity contribution < 1.29 is 17.9 Å². The molecule has 0 radical (unpaired) electrons. The van der Waals surface area contributed by atoms with E-state index in [-0.39, 0.29) is 0 Å². The molecular formula is C20H17F3N2O. The highest BCUT2D eigenvalue weighted by Gasteiger charge is 2.51. The molecule has 2 aromatic rings. The summed E-state index contributed by atoms with van der Waals surface area (Å²) >= 11 is 0. The molecule has 2 aromatic carbocycles. The Kier molecular flexibility index (Phi) is 3.79. The lowest BCUT2D eigenvalue weighted by molar-refractivity contribution is -0.0615. The number of aryl methyl sites for hydroxylation is 1. The number of hydrogen-bond acceptors (Lipinski definition) is 3. The Morgan fingerprint density at radius 2 is 1.81 bits per heavy atom. The van der Waals surface area contributed by atoms with E-state index in [0.29, 0.717) is 11.4 Å². The first-order valence-corrected chi connectivity index (χ1v) is 8.26. The zero-order valence-corrected chi connectivity index (χ0v) is 14.3. The second-order valence-corrected chi connectivity index (χ2v) is 6.49. The predicted molar refractivity (Wildman–Crippen MR) is 95.4 cm³/mol. The summed E-state index contributed by atoms with van der Waals surface area (Å²) in [7, 11) is 1.57. The van der Waals surface area contributed by atoms with Gasteiger partial charge in [0.2, 0.25) is 0 Å². The molecule has 134 valence electrons. The second kappa shape index (κ2) is 5.90. The van der Waals surface area contributed by atoms with Gasteiger partial charge in [-0.15, -0.1) is 0 Å². The van der Waals surface area contributed by atoms with Gasteiger partial charge in [-0.25, -0.2) is 0 Å². The van der Waals surface area contributed by atoms with Crippen molar-refractivity contribution in [2.24, 2.45) is 11.0 Å². The fourth-order valence-electron chi connectivity index (χ4n) is 3.53. The molecule has 4 rings (SSSR count). The van der Waals surface area contributed by atoms with Crippen LogP contribution < -0.4 is 9.75 Å². The number of methoxy groups -OCH3 is 1. The van der Waals surface area contributed by atoms with E-state index in [4.69, 9.17) is 4.74 Å². The summed E-state index contributed by atoms with van der Waals surface area (Å²) in [5.74, 6) is -0.166. The molecule has 2 unspecified atom stereocenters. The van der Waals surface area contributed by atoms with E-state index >= 15 is 0 Å². The molecule has 0 amide bonds. The van der Waals surface area contributed by atoms with Crippen molar-refractivity contribution in [1.82, 2.24) is 0 Å². The van der Waals surface area contributed by atoms with E-state index in [1.807, 2.05) is 31.2 Å². The minimum Gasteiger partial charge on any atom is -0.497 e. The number of hydrogen-bond donors (Lipinski definition) is 0. The van der Waals surface area contributed by atoms with E-state index in [2.05, 4.69) is 5.10 Å². The third kappa shape index (κ3) is 2.66. The van der Waals surface area contributed by atoms with Crippen LogP contribution in [0.2, 0.25) is 0 Å². The number of hydrazone groups is 1. The van der Waals surface area contributed by atoms with E-state index in [1.165, 1.54) is 5.01 Å². The number of benzene rings is 2. The SMILES string of the molecule is COc1ccc2c(c1)C=CC1C(C(F)(F)F)=NN(c3ccc(C)cc3)C21. The van der Waals surface area contributed by atoms with Gasteiger partial charge in [-0.1, -0.05) is 35.9 Å². The van der Waals surface area contributed by atoms with Gasteiger partial charge >= 0.3 is 6.18 Å². The first-order chi connectivity index (χ1) is 12.4. The summed E-state index contributed by atoms with van der Waals surface area (Å²) in [6, 6.07) is 12.3. The third-order valence-corrected chi connectivity index (χ3v) is 4.82. The normalized spacial score (nSPS) is 21.3. The van der Waals surface area contributed by atoms with Gasteiger partial charge in [0.25, 0.3) is 0 Å². The van der Waals surface area contributed by atoms with Crippen LogP contribution in [0.4, 0.5) is 18.9 Å². The van der Waals surface area contributed by atoms with Gasteiger partial charge in [-0.3, -0.25) is 5.01 Å². The summed E-state index contributed by atoms with van der Waals surface area (Å²) in [4.78, 5) is 0. The molecule has 0 bridgehead atoms. The van der Waals surface area contributed by atoms with Gasteiger partial charge in [0.15, 0.2) is 5.71 Å². The number of nitrogens with zero attached hydrogens (tertiary/aromatic N) is 2. The van der Waals surface area contributed by atoms with E-state index < -0.39 is 23.8 Å². The quantitative estimate of drug-likeness (QED) is 0.744. The number of halogens is 3. The van der Waals surface area contributed by atoms with Gasteiger partial charge in [-0.2, -0.15) is 18.3 Å². The van der Waals surface area contributed by atoms with Crippen LogP contribution in [-0.4, -0.2) is 19.0 Å². The minimum absolute atomic E-state index is 0.528. The lowest BCUT2D eigenvalue weighted by atomic mass is 9.82. The summed E-state index contributed by atoms with van der Waals surface area (Å²) in [6.45, 7) is 1.94. The number of ether oxygens (including phenoxy) is 1. The fourth-order valence-corrected chi connectivity index (χ4v) is 3.53. The summed E-state index contributed by atoms with van der Waals surface area (Å²) in [5.41, 5.74) is 2.57. The molecule has 1 heterocycles. The molecule has 0 saturated heterocycles. The molecule has 0 spiro atoms. The van der Waals surface area contributed by atoms with Crippen molar-refractivity contribution in [2.75, 3.05) is 12.1 Å². The lowest BCUT2D eigenvalue weighted by Gasteiger charge is -2.31. The maximum Gasteiger partial charge on any atom is 0.431 e. The van der Waals surface area contributed by atoms with Crippen LogP contribution in [0.25, 0.3) is 6.08 Å².